The first-order chi connectivity index (χ1) is 4.79. The molecule has 3 nitrogen and oxygen atoms in total. The number of rotatable bonds is 3. The molecule has 1 aromatic rings. The van der Waals surface area contributed by atoms with Crippen molar-refractivity contribution in [2.24, 2.45) is 5.73 Å². The smallest absolute Gasteiger partial charge is 0.174 e. The van der Waals surface area contributed by atoms with Crippen LogP contribution in [0.4, 0.5) is 0 Å². The Morgan fingerprint density at radius 1 is 1.90 bits per heavy atom. The van der Waals surface area contributed by atoms with Crippen LogP contribution in [0.15, 0.2) is 9.85 Å². The van der Waals surface area contributed by atoms with Crippen molar-refractivity contribution in [2.45, 2.75) is 17.3 Å². The molecule has 10 heavy (non-hydrogen) atoms. The van der Waals surface area contributed by atoms with Gasteiger partial charge < -0.3 is 5.73 Å². The maximum Gasteiger partial charge on any atom is 0.174 e. The van der Waals surface area contributed by atoms with Crippen LogP contribution in [0.25, 0.3) is 0 Å². The Morgan fingerprint density at radius 2 is 2.70 bits per heavy atom. The van der Waals surface area contributed by atoms with Gasteiger partial charge in [0.05, 0.1) is 0 Å². The zero-order chi connectivity index (χ0) is 7.40. The quantitative estimate of drug-likeness (QED) is 0.696. The van der Waals surface area contributed by atoms with Gasteiger partial charge in [0.15, 0.2) is 4.34 Å². The predicted molar refractivity (Wildman–Crippen MR) is 44.3 cm³/mol. The molecule has 1 heterocycles. The van der Waals surface area contributed by atoms with Crippen LogP contribution in [0.5, 0.6) is 0 Å². The number of hydrogen-bond acceptors (Lipinski definition) is 5. The van der Waals surface area contributed by atoms with Crippen LogP contribution >= 0.6 is 23.1 Å². The highest BCUT2D eigenvalue weighted by atomic mass is 32.2. The monoisotopic (exact) mass is 175 g/mol. The molecule has 0 aliphatic carbocycles. The normalized spacial score (nSPS) is 13.4. The highest BCUT2D eigenvalue weighted by molar-refractivity contribution is 8.01. The second kappa shape index (κ2) is 3.90. The maximum atomic E-state index is 5.54. The molecule has 0 fully saturated rings. The van der Waals surface area contributed by atoms with E-state index in [4.69, 9.17) is 5.73 Å². The van der Waals surface area contributed by atoms with Crippen LogP contribution in [0.1, 0.15) is 6.92 Å². The van der Waals surface area contributed by atoms with Crippen LogP contribution < -0.4 is 5.73 Å². The summed E-state index contributed by atoms with van der Waals surface area (Å²) < 4.78 is 0.998. The molecule has 0 aromatic carbocycles. The van der Waals surface area contributed by atoms with Gasteiger partial charge in [-0.3, -0.25) is 0 Å². The van der Waals surface area contributed by atoms with Gasteiger partial charge >= 0.3 is 0 Å². The summed E-state index contributed by atoms with van der Waals surface area (Å²) in [6, 6.07) is 0.230. The highest BCUT2D eigenvalue weighted by Gasteiger charge is 1.98. The molecule has 0 spiro atoms. The van der Waals surface area contributed by atoms with Crippen molar-refractivity contribution in [2.75, 3.05) is 5.75 Å². The third-order valence-corrected chi connectivity index (χ3v) is 2.96. The van der Waals surface area contributed by atoms with Crippen molar-refractivity contribution in [1.82, 2.24) is 10.2 Å². The van der Waals surface area contributed by atoms with Crippen molar-refractivity contribution in [3.8, 4) is 0 Å². The van der Waals surface area contributed by atoms with Crippen molar-refractivity contribution < 1.29 is 0 Å². The third kappa shape index (κ3) is 2.64. The highest BCUT2D eigenvalue weighted by Crippen LogP contribution is 2.18. The molecule has 2 N–H and O–H groups in total. The summed E-state index contributed by atoms with van der Waals surface area (Å²) in [5, 5.41) is 7.57. The van der Waals surface area contributed by atoms with E-state index in [1.807, 2.05) is 6.92 Å². The second-order valence-electron chi connectivity index (χ2n) is 1.99. The fourth-order valence-electron chi connectivity index (χ4n) is 0.429. The van der Waals surface area contributed by atoms with Gasteiger partial charge in [0.25, 0.3) is 0 Å². The molecule has 5 heteroatoms. The molecular formula is C5H9N3S2. The molecule has 1 aromatic heterocycles. The van der Waals surface area contributed by atoms with Gasteiger partial charge in [-0.2, -0.15) is 0 Å². The lowest BCUT2D eigenvalue weighted by Crippen LogP contribution is -2.17. The van der Waals surface area contributed by atoms with E-state index in [1.54, 1.807) is 28.6 Å². The Hall–Kier alpha value is -0.130. The molecule has 0 aliphatic rings. The lowest BCUT2D eigenvalue weighted by atomic mass is 10.4. The summed E-state index contributed by atoms with van der Waals surface area (Å²) in [4.78, 5) is 0. The summed E-state index contributed by atoms with van der Waals surface area (Å²) in [5.74, 6) is 0.912. The predicted octanol–water partition coefficient (Wildman–Crippen LogP) is 0.977. The molecule has 56 valence electrons. The third-order valence-electron chi connectivity index (χ3n) is 0.810. The maximum absolute atomic E-state index is 5.54. The van der Waals surface area contributed by atoms with E-state index >= 15 is 0 Å². The van der Waals surface area contributed by atoms with Crippen LogP contribution in [-0.4, -0.2) is 22.0 Å². The molecule has 0 aliphatic heterocycles. The van der Waals surface area contributed by atoms with Crippen molar-refractivity contribution in [1.29, 1.82) is 0 Å². The SMILES string of the molecule is C[C@@H](N)CSc1nncs1. The minimum absolute atomic E-state index is 0.230. The zero-order valence-electron chi connectivity index (χ0n) is 5.65. The van der Waals surface area contributed by atoms with Gasteiger partial charge in [-0.25, -0.2) is 0 Å². The van der Waals surface area contributed by atoms with E-state index in [0.717, 1.165) is 10.1 Å². The van der Waals surface area contributed by atoms with E-state index in [-0.39, 0.29) is 6.04 Å². The summed E-state index contributed by atoms with van der Waals surface area (Å²) in [6.45, 7) is 1.98. The van der Waals surface area contributed by atoms with E-state index in [0.29, 0.717) is 0 Å². The van der Waals surface area contributed by atoms with Gasteiger partial charge in [-0.15, -0.1) is 10.2 Å². The van der Waals surface area contributed by atoms with Gasteiger partial charge in [-0.05, 0) is 6.92 Å². The van der Waals surface area contributed by atoms with Crippen LogP contribution in [-0.2, 0) is 0 Å². The van der Waals surface area contributed by atoms with Crippen molar-refractivity contribution in [3.05, 3.63) is 5.51 Å². The van der Waals surface area contributed by atoms with E-state index in [9.17, 15) is 0 Å². The summed E-state index contributed by atoms with van der Waals surface area (Å²) in [5.41, 5.74) is 7.27. The molecular weight excluding hydrogens is 166 g/mol. The summed E-state index contributed by atoms with van der Waals surface area (Å²) in [6.07, 6.45) is 0. The Morgan fingerprint density at radius 3 is 3.20 bits per heavy atom. The average Bonchev–Trinajstić information content (AvgIpc) is 2.34. The second-order valence-corrected chi connectivity index (χ2v) is 4.09. The molecule has 0 saturated heterocycles. The minimum atomic E-state index is 0.230. The van der Waals surface area contributed by atoms with Crippen molar-refractivity contribution in [3.63, 3.8) is 0 Å². The van der Waals surface area contributed by atoms with Crippen LogP contribution in [0.2, 0.25) is 0 Å². The van der Waals surface area contributed by atoms with E-state index < -0.39 is 0 Å². The standard InChI is InChI=1S/C5H9N3S2/c1-4(6)2-9-5-8-7-3-10-5/h3-4H,2,6H2,1H3/t4-/m1/s1. The van der Waals surface area contributed by atoms with E-state index in [2.05, 4.69) is 10.2 Å². The van der Waals surface area contributed by atoms with E-state index in [1.165, 1.54) is 0 Å². The molecule has 1 rings (SSSR count). The first-order valence-electron chi connectivity index (χ1n) is 2.93. The molecule has 0 saturated carbocycles. The van der Waals surface area contributed by atoms with Crippen LogP contribution in [0, 0.1) is 0 Å². The topological polar surface area (TPSA) is 51.8 Å². The number of nitrogens with zero attached hydrogens (tertiary/aromatic N) is 2. The minimum Gasteiger partial charge on any atom is -0.327 e. The Kier molecular flexibility index (Phi) is 3.11. The Balaban J connectivity index is 2.28. The van der Waals surface area contributed by atoms with Gasteiger partial charge in [0.1, 0.15) is 5.51 Å². The lowest BCUT2D eigenvalue weighted by molar-refractivity contribution is 0.846. The number of aromatic nitrogens is 2. The lowest BCUT2D eigenvalue weighted by Gasteiger charge is -1.99. The van der Waals surface area contributed by atoms with Gasteiger partial charge in [0, 0.05) is 11.8 Å². The number of thioether (sulfide) groups is 1. The first-order valence-corrected chi connectivity index (χ1v) is 4.80. The average molecular weight is 175 g/mol. The first kappa shape index (κ1) is 7.97. The molecule has 0 bridgehead atoms. The van der Waals surface area contributed by atoms with Gasteiger partial charge in [0.2, 0.25) is 0 Å². The van der Waals surface area contributed by atoms with Gasteiger partial charge in [-0.1, -0.05) is 23.1 Å². The molecule has 1 atom stereocenters. The summed E-state index contributed by atoms with van der Waals surface area (Å²) >= 11 is 3.21. The zero-order valence-corrected chi connectivity index (χ0v) is 7.28. The number of nitrogens with two attached hydrogens (primary N) is 1. The Labute approximate surface area is 68.0 Å². The largest absolute Gasteiger partial charge is 0.327 e. The summed E-state index contributed by atoms with van der Waals surface area (Å²) in [7, 11) is 0. The fourth-order valence-corrected chi connectivity index (χ4v) is 1.82. The molecule has 0 radical (unpaired) electrons. The molecule has 0 amide bonds. The van der Waals surface area contributed by atoms with Crippen LogP contribution in [0.3, 0.4) is 0 Å². The number of hydrogen-bond donors (Lipinski definition) is 1. The fraction of sp³-hybridized carbons (Fsp3) is 0.600. The van der Waals surface area contributed by atoms with Crippen molar-refractivity contribution >= 4 is 23.1 Å². The Bertz CT molecular complexity index is 173. The molecule has 0 unspecified atom stereocenters.